The van der Waals surface area contributed by atoms with Crippen LogP contribution in [0.4, 0.5) is 5.69 Å². The monoisotopic (exact) mass is 367 g/mol. The number of nitrogens with zero attached hydrogens (tertiary/aromatic N) is 1. The molecule has 1 atom stereocenters. The summed E-state index contributed by atoms with van der Waals surface area (Å²) in [5, 5.41) is 7.33. The van der Waals surface area contributed by atoms with Crippen molar-refractivity contribution in [1.29, 1.82) is 0 Å². The van der Waals surface area contributed by atoms with E-state index >= 15 is 0 Å². The van der Waals surface area contributed by atoms with Crippen LogP contribution in [-0.4, -0.2) is 38.4 Å². The van der Waals surface area contributed by atoms with Gasteiger partial charge in [-0.15, -0.1) is 0 Å². The second-order valence-electron chi connectivity index (χ2n) is 8.03. The van der Waals surface area contributed by atoms with Gasteiger partial charge in [-0.2, -0.15) is 0 Å². The van der Waals surface area contributed by atoms with E-state index < -0.39 is 0 Å². The summed E-state index contributed by atoms with van der Waals surface area (Å²) < 4.78 is 5.43. The number of rotatable bonds is 8. The molecular formula is C23H33N3O. The summed E-state index contributed by atoms with van der Waals surface area (Å²) in [5.74, 6) is 0. The third kappa shape index (κ3) is 6.06. The lowest BCUT2D eigenvalue weighted by Crippen LogP contribution is -2.48. The molecule has 0 amide bonds. The minimum atomic E-state index is 0.0169. The van der Waals surface area contributed by atoms with Crippen LogP contribution in [0.2, 0.25) is 0 Å². The zero-order valence-electron chi connectivity index (χ0n) is 16.9. The first kappa shape index (κ1) is 19.9. The molecule has 4 nitrogen and oxygen atoms in total. The molecule has 1 heterocycles. The first-order valence-corrected chi connectivity index (χ1v) is 9.98. The van der Waals surface area contributed by atoms with Gasteiger partial charge in [-0.05, 0) is 44.0 Å². The quantitative estimate of drug-likeness (QED) is 0.745. The number of hydrogen-bond donors (Lipinski definition) is 2. The normalized spacial score (nSPS) is 16.3. The Morgan fingerprint density at radius 2 is 1.67 bits per heavy atom. The summed E-state index contributed by atoms with van der Waals surface area (Å²) in [4.78, 5) is 2.39. The van der Waals surface area contributed by atoms with E-state index in [1.807, 2.05) is 0 Å². The van der Waals surface area contributed by atoms with Crippen molar-refractivity contribution in [1.82, 2.24) is 10.6 Å². The van der Waals surface area contributed by atoms with Crippen LogP contribution in [0.25, 0.3) is 0 Å². The van der Waals surface area contributed by atoms with Crippen molar-refractivity contribution >= 4 is 5.69 Å². The van der Waals surface area contributed by atoms with Gasteiger partial charge in [0.2, 0.25) is 0 Å². The van der Waals surface area contributed by atoms with E-state index in [0.717, 1.165) is 39.4 Å². The highest BCUT2D eigenvalue weighted by atomic mass is 16.5. The van der Waals surface area contributed by atoms with Gasteiger partial charge in [0.05, 0.1) is 13.2 Å². The molecule has 0 bridgehead atoms. The molecule has 1 unspecified atom stereocenters. The Kier molecular flexibility index (Phi) is 6.89. The lowest BCUT2D eigenvalue weighted by Gasteiger charge is -2.31. The van der Waals surface area contributed by atoms with Crippen LogP contribution < -0.4 is 15.5 Å². The number of hydrogen-bond acceptors (Lipinski definition) is 4. The molecule has 146 valence electrons. The highest BCUT2D eigenvalue weighted by molar-refractivity contribution is 5.47. The largest absolute Gasteiger partial charge is 0.378 e. The third-order valence-electron chi connectivity index (χ3n) is 5.12. The molecular weight excluding hydrogens is 334 g/mol. The molecule has 0 aromatic heterocycles. The van der Waals surface area contributed by atoms with Gasteiger partial charge in [0.1, 0.15) is 0 Å². The molecule has 3 rings (SSSR count). The van der Waals surface area contributed by atoms with E-state index in [1.165, 1.54) is 16.8 Å². The van der Waals surface area contributed by atoms with E-state index in [1.54, 1.807) is 0 Å². The molecule has 0 radical (unpaired) electrons. The van der Waals surface area contributed by atoms with Crippen molar-refractivity contribution < 1.29 is 4.74 Å². The topological polar surface area (TPSA) is 36.5 Å². The van der Waals surface area contributed by atoms with Crippen LogP contribution in [-0.2, 0) is 11.3 Å². The molecule has 27 heavy (non-hydrogen) atoms. The highest BCUT2D eigenvalue weighted by Gasteiger charge is 2.20. The Bertz CT molecular complexity index is 679. The second kappa shape index (κ2) is 9.36. The predicted octanol–water partition coefficient (Wildman–Crippen LogP) is 3.74. The number of benzene rings is 2. The van der Waals surface area contributed by atoms with Gasteiger partial charge >= 0.3 is 0 Å². The van der Waals surface area contributed by atoms with E-state index in [0.29, 0.717) is 6.04 Å². The number of nitrogens with one attached hydrogen (secondary N) is 2. The van der Waals surface area contributed by atoms with Gasteiger partial charge in [0.25, 0.3) is 0 Å². The molecule has 4 heteroatoms. The van der Waals surface area contributed by atoms with Crippen molar-refractivity contribution in [2.24, 2.45) is 0 Å². The summed E-state index contributed by atoms with van der Waals surface area (Å²) in [6.07, 6.45) is 0. The van der Waals surface area contributed by atoms with Crippen molar-refractivity contribution in [3.05, 3.63) is 65.7 Å². The maximum absolute atomic E-state index is 5.43. The Balaban J connectivity index is 1.45. The van der Waals surface area contributed by atoms with Crippen molar-refractivity contribution in [2.45, 2.75) is 38.9 Å². The summed E-state index contributed by atoms with van der Waals surface area (Å²) in [7, 11) is 0. The molecule has 1 aliphatic rings. The SMILES string of the molecule is CC(NC(C)(C)CNCc1ccc(N2CCOCC2)cc1)c1ccccc1. The number of ether oxygens (including phenoxy) is 1. The maximum atomic E-state index is 5.43. The molecule has 1 aliphatic heterocycles. The summed E-state index contributed by atoms with van der Waals surface area (Å²) in [5.41, 5.74) is 3.95. The Hall–Kier alpha value is -1.88. The summed E-state index contributed by atoms with van der Waals surface area (Å²) in [6.45, 7) is 12.1. The molecule has 2 aromatic carbocycles. The Morgan fingerprint density at radius 3 is 2.33 bits per heavy atom. The maximum Gasteiger partial charge on any atom is 0.0642 e. The summed E-state index contributed by atoms with van der Waals surface area (Å²) >= 11 is 0. The van der Waals surface area contributed by atoms with E-state index in [2.05, 4.69) is 90.9 Å². The van der Waals surface area contributed by atoms with Crippen molar-refractivity contribution in [3.8, 4) is 0 Å². The van der Waals surface area contributed by atoms with Gasteiger partial charge in [-0.1, -0.05) is 42.5 Å². The Morgan fingerprint density at radius 1 is 1.00 bits per heavy atom. The lowest BCUT2D eigenvalue weighted by atomic mass is 10.0. The first-order valence-electron chi connectivity index (χ1n) is 9.98. The molecule has 0 saturated carbocycles. The van der Waals surface area contributed by atoms with Crippen LogP contribution in [0, 0.1) is 0 Å². The van der Waals surface area contributed by atoms with E-state index in [9.17, 15) is 0 Å². The average molecular weight is 368 g/mol. The minimum Gasteiger partial charge on any atom is -0.378 e. The van der Waals surface area contributed by atoms with Gasteiger partial charge in [-0.3, -0.25) is 0 Å². The first-order chi connectivity index (χ1) is 13.0. The zero-order chi connectivity index (χ0) is 19.1. The second-order valence-corrected chi connectivity index (χ2v) is 8.03. The summed E-state index contributed by atoms with van der Waals surface area (Å²) in [6, 6.07) is 19.8. The van der Waals surface area contributed by atoms with Gasteiger partial charge in [0.15, 0.2) is 0 Å². The van der Waals surface area contributed by atoms with Crippen LogP contribution in [0.15, 0.2) is 54.6 Å². The number of anilines is 1. The zero-order valence-corrected chi connectivity index (χ0v) is 16.9. The average Bonchev–Trinajstić information content (AvgIpc) is 2.69. The molecule has 2 N–H and O–H groups in total. The lowest BCUT2D eigenvalue weighted by molar-refractivity contribution is 0.122. The molecule has 1 fully saturated rings. The van der Waals surface area contributed by atoms with Crippen LogP contribution >= 0.6 is 0 Å². The van der Waals surface area contributed by atoms with Crippen molar-refractivity contribution in [3.63, 3.8) is 0 Å². The predicted molar refractivity (Wildman–Crippen MR) is 113 cm³/mol. The van der Waals surface area contributed by atoms with Crippen molar-refractivity contribution in [2.75, 3.05) is 37.7 Å². The fourth-order valence-corrected chi connectivity index (χ4v) is 3.63. The highest BCUT2D eigenvalue weighted by Crippen LogP contribution is 2.18. The minimum absolute atomic E-state index is 0.0169. The fraction of sp³-hybridized carbons (Fsp3) is 0.478. The van der Waals surface area contributed by atoms with Crippen LogP contribution in [0.3, 0.4) is 0 Å². The van der Waals surface area contributed by atoms with Crippen LogP contribution in [0.1, 0.15) is 37.9 Å². The van der Waals surface area contributed by atoms with E-state index in [4.69, 9.17) is 4.74 Å². The van der Waals surface area contributed by atoms with Gasteiger partial charge in [0, 0.05) is 43.4 Å². The number of morpholine rings is 1. The molecule has 0 aliphatic carbocycles. The smallest absolute Gasteiger partial charge is 0.0642 e. The fourth-order valence-electron chi connectivity index (χ4n) is 3.63. The van der Waals surface area contributed by atoms with Gasteiger partial charge < -0.3 is 20.3 Å². The van der Waals surface area contributed by atoms with Crippen LogP contribution in [0.5, 0.6) is 0 Å². The molecule has 1 saturated heterocycles. The standard InChI is InChI=1S/C23H33N3O/c1-19(21-7-5-4-6-8-21)25-23(2,3)18-24-17-20-9-11-22(12-10-20)26-13-15-27-16-14-26/h4-12,19,24-25H,13-18H2,1-3H3. The Labute approximate surface area is 163 Å². The molecule has 0 spiro atoms. The van der Waals surface area contributed by atoms with E-state index in [-0.39, 0.29) is 5.54 Å². The molecule has 2 aromatic rings. The van der Waals surface area contributed by atoms with Gasteiger partial charge in [-0.25, -0.2) is 0 Å². The third-order valence-corrected chi connectivity index (χ3v) is 5.12.